The molecule has 0 rings (SSSR count). The van der Waals surface area contributed by atoms with Crippen molar-refractivity contribution >= 4 is 39.5 Å². The second kappa shape index (κ2) is 76.1. The molecule has 0 fully saturated rings. The largest absolute Gasteiger partial charge is 0.472 e. The molecule has 0 aliphatic heterocycles. The molecule has 0 aromatic heterocycles. The van der Waals surface area contributed by atoms with Crippen LogP contribution in [0.2, 0.25) is 0 Å². The molecule has 0 aliphatic carbocycles. The molecule has 5 unspecified atom stereocenters. The maximum Gasteiger partial charge on any atom is 0.472 e. The molecule has 0 aliphatic rings. The van der Waals surface area contributed by atoms with E-state index >= 15 is 0 Å². The molecule has 104 heavy (non-hydrogen) atoms. The lowest BCUT2D eigenvalue weighted by Gasteiger charge is -2.21. The third-order valence-corrected chi connectivity index (χ3v) is 18.2. The minimum absolute atomic E-state index is 0.0681. The van der Waals surface area contributed by atoms with Gasteiger partial charge in [0.2, 0.25) is 0 Å². The summed E-state index contributed by atoms with van der Waals surface area (Å²) in [5.74, 6) is -2.26. The summed E-state index contributed by atoms with van der Waals surface area (Å²) < 4.78 is 68.5. The van der Waals surface area contributed by atoms with Gasteiger partial charge in [-0.25, -0.2) is 9.13 Å². The Balaban J connectivity index is 5.38. The Hall–Kier alpha value is -5.06. The van der Waals surface area contributed by atoms with E-state index in [1.165, 1.54) is 32.1 Å². The summed E-state index contributed by atoms with van der Waals surface area (Å²) in [4.78, 5) is 73.0. The number of allylic oxidation sites excluding steroid dienone is 24. The predicted octanol–water partition coefficient (Wildman–Crippen LogP) is 23.4. The highest BCUT2D eigenvalue weighted by Crippen LogP contribution is 2.45. The third kappa shape index (κ3) is 75.2. The number of aliphatic hydroxyl groups is 1. The molecule has 594 valence electrons. The zero-order valence-corrected chi connectivity index (χ0v) is 66.7. The molecule has 0 radical (unpaired) electrons. The van der Waals surface area contributed by atoms with E-state index in [0.717, 1.165) is 199 Å². The van der Waals surface area contributed by atoms with Gasteiger partial charge in [0, 0.05) is 25.7 Å². The van der Waals surface area contributed by atoms with Gasteiger partial charge < -0.3 is 33.8 Å². The Morgan fingerprint density at radius 3 is 0.817 bits per heavy atom. The first-order chi connectivity index (χ1) is 50.7. The number of phosphoric acid groups is 2. The zero-order chi connectivity index (χ0) is 76.0. The predicted molar refractivity (Wildman–Crippen MR) is 427 cm³/mol. The van der Waals surface area contributed by atoms with E-state index < -0.39 is 97.5 Å². The van der Waals surface area contributed by atoms with Crippen LogP contribution in [0.4, 0.5) is 0 Å². The number of phosphoric ester groups is 2. The van der Waals surface area contributed by atoms with Crippen LogP contribution >= 0.6 is 15.6 Å². The van der Waals surface area contributed by atoms with E-state index in [4.69, 9.17) is 37.0 Å². The number of carbonyl (C=O) groups excluding carboxylic acids is 4. The Kier molecular flexibility index (Phi) is 72.4. The van der Waals surface area contributed by atoms with Gasteiger partial charge in [-0.15, -0.1) is 0 Å². The lowest BCUT2D eigenvalue weighted by molar-refractivity contribution is -0.161. The van der Waals surface area contributed by atoms with Gasteiger partial charge in [-0.3, -0.25) is 37.3 Å². The molecule has 5 atom stereocenters. The number of hydrogen-bond donors (Lipinski definition) is 3. The van der Waals surface area contributed by atoms with Crippen molar-refractivity contribution in [3.05, 3.63) is 146 Å². The molecule has 0 saturated heterocycles. The van der Waals surface area contributed by atoms with Gasteiger partial charge in [0.15, 0.2) is 12.2 Å². The Bertz CT molecular complexity index is 2540. The molecule has 0 aromatic carbocycles. The van der Waals surface area contributed by atoms with Gasteiger partial charge in [0.05, 0.1) is 26.4 Å². The number of unbranched alkanes of at least 4 members (excludes halogenated alkanes) is 24. The summed E-state index contributed by atoms with van der Waals surface area (Å²) in [5.41, 5.74) is 0. The molecule has 0 heterocycles. The Morgan fingerprint density at radius 2 is 0.510 bits per heavy atom. The normalized spacial score (nSPS) is 14.6. The number of carbonyl (C=O) groups is 4. The van der Waals surface area contributed by atoms with Crippen LogP contribution in [0, 0.1) is 0 Å². The van der Waals surface area contributed by atoms with Gasteiger partial charge in [0.25, 0.3) is 0 Å². The van der Waals surface area contributed by atoms with Crippen molar-refractivity contribution in [3.63, 3.8) is 0 Å². The van der Waals surface area contributed by atoms with Gasteiger partial charge >= 0.3 is 39.5 Å². The van der Waals surface area contributed by atoms with Crippen molar-refractivity contribution in [2.45, 2.75) is 329 Å². The maximum atomic E-state index is 13.1. The van der Waals surface area contributed by atoms with E-state index in [1.54, 1.807) is 0 Å². The first-order valence-corrected chi connectivity index (χ1v) is 43.1. The molecule has 0 amide bonds. The number of rotatable bonds is 74. The Labute approximate surface area is 630 Å². The number of ether oxygens (including phenoxy) is 4. The fourth-order valence-corrected chi connectivity index (χ4v) is 11.8. The highest BCUT2D eigenvalue weighted by molar-refractivity contribution is 7.47. The number of esters is 4. The second-order valence-corrected chi connectivity index (χ2v) is 29.1. The lowest BCUT2D eigenvalue weighted by atomic mass is 10.1. The molecule has 19 heteroatoms. The summed E-state index contributed by atoms with van der Waals surface area (Å²) >= 11 is 0. The van der Waals surface area contributed by atoms with Crippen molar-refractivity contribution in [3.8, 4) is 0 Å². The van der Waals surface area contributed by atoms with Crippen LogP contribution in [0.1, 0.15) is 310 Å². The average Bonchev–Trinajstić information content (AvgIpc) is 0.931. The van der Waals surface area contributed by atoms with Crippen molar-refractivity contribution < 1.29 is 80.2 Å². The SMILES string of the molecule is CC/C=C\C/C=C\C/C=C\C/C=C\C/C=C\CCCCCC(=O)OCC(COP(=O)(O)OCC(O)COP(=O)(O)OCC(COC(=O)CCCCCCCC/C=C\C/C=C\C/C=C\CCCCC)OC(=O)CCCCCCC/C=C\C/C=C\C/C=C\CC)OC(=O)CCCCCCC/C=C\CCCC. The smallest absolute Gasteiger partial charge is 0.462 e. The van der Waals surface area contributed by atoms with Crippen LogP contribution in [0.15, 0.2) is 146 Å². The molecule has 0 aromatic rings. The monoisotopic (exact) mass is 1500 g/mol. The molecule has 3 N–H and O–H groups in total. The van der Waals surface area contributed by atoms with Gasteiger partial charge in [-0.05, 0) is 161 Å². The van der Waals surface area contributed by atoms with Crippen LogP contribution in [-0.2, 0) is 65.4 Å². The van der Waals surface area contributed by atoms with Crippen LogP contribution < -0.4 is 0 Å². The van der Waals surface area contributed by atoms with E-state index in [2.05, 4.69) is 174 Å². The highest BCUT2D eigenvalue weighted by atomic mass is 31.2. The maximum absolute atomic E-state index is 13.1. The summed E-state index contributed by atoms with van der Waals surface area (Å²) in [7, 11) is -9.98. The third-order valence-electron chi connectivity index (χ3n) is 16.3. The van der Waals surface area contributed by atoms with Gasteiger partial charge in [-0.1, -0.05) is 270 Å². The van der Waals surface area contributed by atoms with E-state index in [9.17, 15) is 43.2 Å². The quantitative estimate of drug-likeness (QED) is 0.0169. The molecule has 0 bridgehead atoms. The van der Waals surface area contributed by atoms with E-state index in [1.807, 2.05) is 0 Å². The standard InChI is InChI=1S/C85H142O17P2/c1-5-9-13-17-21-25-29-32-35-37-39-41-44-46-50-53-57-61-65-69-82(87)95-75-80(101-84(89)71-67-63-59-55-49-28-24-20-16-12-8-4)77-99-103(91,92)97-73-79(86)74-98-104(93,94)100-78-81(102-85(90)72-68-64-60-56-52-48-43-34-31-27-23-19-15-11-7-3)76-96-83(88)70-66-62-58-54-51-47-45-42-40-38-36-33-30-26-22-18-14-10-6-2/h9,11,13,15,20-27,32-36,39-43,46,50,79-81,86H,5-8,10,12,14,16-19,28-31,37-38,44-45,47-49,51-78H2,1-4H3,(H,91,92)(H,93,94)/b13-9-,15-11-,24-20-,25-21-,26-22-,27-23-,35-32-,36-33-,41-39-,42-40-,43-34-,50-46-. The Morgan fingerprint density at radius 1 is 0.279 bits per heavy atom. The fraction of sp³-hybridized carbons (Fsp3) is 0.671. The van der Waals surface area contributed by atoms with Crippen molar-refractivity contribution in [2.75, 3.05) is 39.6 Å². The molecule has 0 saturated carbocycles. The average molecular weight is 1500 g/mol. The summed E-state index contributed by atoms with van der Waals surface area (Å²) in [6.07, 6.45) is 86.9. The molecule has 17 nitrogen and oxygen atoms in total. The van der Waals surface area contributed by atoms with Crippen LogP contribution in [0.25, 0.3) is 0 Å². The fourth-order valence-electron chi connectivity index (χ4n) is 10.2. The van der Waals surface area contributed by atoms with Crippen LogP contribution in [0.5, 0.6) is 0 Å². The van der Waals surface area contributed by atoms with Gasteiger partial charge in [-0.2, -0.15) is 0 Å². The topological polar surface area (TPSA) is 237 Å². The summed E-state index contributed by atoms with van der Waals surface area (Å²) in [6, 6.07) is 0. The molecule has 0 spiro atoms. The van der Waals surface area contributed by atoms with Crippen molar-refractivity contribution in [1.82, 2.24) is 0 Å². The second-order valence-electron chi connectivity index (χ2n) is 26.2. The van der Waals surface area contributed by atoms with E-state index in [-0.39, 0.29) is 25.7 Å². The number of aliphatic hydroxyl groups excluding tert-OH is 1. The lowest BCUT2D eigenvalue weighted by Crippen LogP contribution is -2.30. The van der Waals surface area contributed by atoms with Crippen LogP contribution in [0.3, 0.4) is 0 Å². The van der Waals surface area contributed by atoms with Crippen LogP contribution in [-0.4, -0.2) is 96.7 Å². The molecular formula is C85H142O17P2. The van der Waals surface area contributed by atoms with E-state index in [0.29, 0.717) is 25.7 Å². The first kappa shape index (κ1) is 98.9. The highest BCUT2D eigenvalue weighted by Gasteiger charge is 2.30. The number of hydrogen-bond acceptors (Lipinski definition) is 15. The molecular weight excluding hydrogens is 1350 g/mol. The minimum atomic E-state index is -4.99. The van der Waals surface area contributed by atoms with Gasteiger partial charge in [0.1, 0.15) is 19.3 Å². The zero-order valence-electron chi connectivity index (χ0n) is 64.9. The minimum Gasteiger partial charge on any atom is -0.462 e. The first-order valence-electron chi connectivity index (χ1n) is 40.1. The summed E-state index contributed by atoms with van der Waals surface area (Å²) in [6.45, 7) is 4.50. The summed E-state index contributed by atoms with van der Waals surface area (Å²) in [5, 5.41) is 10.6. The van der Waals surface area contributed by atoms with Crippen molar-refractivity contribution in [2.24, 2.45) is 0 Å². The van der Waals surface area contributed by atoms with Crippen molar-refractivity contribution in [1.29, 1.82) is 0 Å².